The highest BCUT2D eigenvalue weighted by Crippen LogP contribution is 2.25. The highest BCUT2D eigenvalue weighted by Gasteiger charge is 2.11. The number of methoxy groups -OCH3 is 1. The van der Waals surface area contributed by atoms with Crippen LogP contribution in [0.4, 0.5) is 5.69 Å². The van der Waals surface area contributed by atoms with Crippen molar-refractivity contribution in [1.29, 1.82) is 0 Å². The number of fused-ring (bicyclic) bond motifs is 1. The van der Waals surface area contributed by atoms with E-state index in [1.54, 1.807) is 18.4 Å². The van der Waals surface area contributed by atoms with Gasteiger partial charge in [-0.15, -0.1) is 11.3 Å². The van der Waals surface area contributed by atoms with Crippen LogP contribution in [0.25, 0.3) is 4.96 Å². The number of halogens is 1. The molecule has 0 aliphatic rings. The summed E-state index contributed by atoms with van der Waals surface area (Å²) < 4.78 is 7.16. The van der Waals surface area contributed by atoms with E-state index in [2.05, 4.69) is 10.3 Å². The molecule has 2 heterocycles. The van der Waals surface area contributed by atoms with E-state index >= 15 is 0 Å². The summed E-state index contributed by atoms with van der Waals surface area (Å²) in [5, 5.41) is 15.1. The van der Waals surface area contributed by atoms with Crippen molar-refractivity contribution in [2.45, 2.75) is 13.2 Å². The highest BCUT2D eigenvalue weighted by molar-refractivity contribution is 7.15. The fourth-order valence-electron chi connectivity index (χ4n) is 2.16. The zero-order chi connectivity index (χ0) is 14.8. The Morgan fingerprint density at radius 2 is 2.33 bits per heavy atom. The van der Waals surface area contributed by atoms with E-state index in [0.717, 1.165) is 21.9 Å². The van der Waals surface area contributed by atoms with Crippen molar-refractivity contribution in [2.75, 3.05) is 12.4 Å². The van der Waals surface area contributed by atoms with Crippen molar-refractivity contribution in [3.05, 3.63) is 46.2 Å². The van der Waals surface area contributed by atoms with Gasteiger partial charge < -0.3 is 15.2 Å². The van der Waals surface area contributed by atoms with Crippen molar-refractivity contribution in [2.24, 2.45) is 0 Å². The number of hydrogen-bond donors (Lipinski definition) is 2. The van der Waals surface area contributed by atoms with Crippen molar-refractivity contribution >= 4 is 33.6 Å². The van der Waals surface area contributed by atoms with Gasteiger partial charge in [-0.05, 0) is 18.2 Å². The molecule has 3 rings (SSSR count). The Bertz CT molecular complexity index is 769. The Kier molecular flexibility index (Phi) is 4.01. The number of nitrogens with zero attached hydrogens (tertiary/aromatic N) is 2. The number of ether oxygens (including phenoxy) is 1. The third-order valence-corrected chi connectivity index (χ3v) is 4.28. The van der Waals surface area contributed by atoms with E-state index in [9.17, 15) is 5.11 Å². The molecule has 3 aromatic rings. The van der Waals surface area contributed by atoms with Gasteiger partial charge in [-0.3, -0.25) is 4.40 Å². The first-order valence-corrected chi connectivity index (χ1v) is 7.60. The van der Waals surface area contributed by atoms with Crippen LogP contribution >= 0.6 is 22.9 Å². The van der Waals surface area contributed by atoms with E-state index in [-0.39, 0.29) is 6.61 Å². The summed E-state index contributed by atoms with van der Waals surface area (Å²) in [5.41, 5.74) is 2.54. The number of imidazole rings is 1. The van der Waals surface area contributed by atoms with Crippen LogP contribution in [-0.4, -0.2) is 21.6 Å². The molecule has 0 bridgehead atoms. The lowest BCUT2D eigenvalue weighted by Crippen LogP contribution is -2.03. The Balaban J connectivity index is 1.81. The van der Waals surface area contributed by atoms with Gasteiger partial charge in [0.25, 0.3) is 0 Å². The summed E-state index contributed by atoms with van der Waals surface area (Å²) in [5.74, 6) is 0.672. The Labute approximate surface area is 130 Å². The molecular weight excluding hydrogens is 310 g/mol. The molecule has 0 radical (unpaired) electrons. The zero-order valence-corrected chi connectivity index (χ0v) is 12.9. The average Bonchev–Trinajstić information content (AvgIpc) is 3.05. The average molecular weight is 324 g/mol. The minimum Gasteiger partial charge on any atom is -0.496 e. The second kappa shape index (κ2) is 5.93. The molecule has 21 heavy (non-hydrogen) atoms. The molecule has 2 N–H and O–H groups in total. The first kappa shape index (κ1) is 14.2. The fourth-order valence-corrected chi connectivity index (χ4v) is 3.18. The predicted molar refractivity (Wildman–Crippen MR) is 84.3 cm³/mol. The maximum absolute atomic E-state index is 9.34. The third-order valence-electron chi connectivity index (χ3n) is 3.22. The van der Waals surface area contributed by atoms with Crippen molar-refractivity contribution in [1.82, 2.24) is 9.38 Å². The number of rotatable bonds is 5. The van der Waals surface area contributed by atoms with E-state index in [0.29, 0.717) is 17.4 Å². The summed E-state index contributed by atoms with van der Waals surface area (Å²) in [6, 6.07) is 5.59. The number of aliphatic hydroxyl groups excluding tert-OH is 1. The van der Waals surface area contributed by atoms with Crippen molar-refractivity contribution < 1.29 is 9.84 Å². The number of aliphatic hydroxyl groups is 1. The molecule has 0 saturated carbocycles. The first-order chi connectivity index (χ1) is 10.2. The standard InChI is InChI=1S/C14H14ClN3O2S/c1-20-12-3-2-10(6-9(12)8-19)16-7-11-13(15)17-14-18(11)4-5-21-14/h2-6,16,19H,7-8H2,1H3. The zero-order valence-electron chi connectivity index (χ0n) is 11.3. The molecule has 0 saturated heterocycles. The number of nitrogens with one attached hydrogen (secondary N) is 1. The first-order valence-electron chi connectivity index (χ1n) is 6.34. The second-order valence-electron chi connectivity index (χ2n) is 4.44. The minimum absolute atomic E-state index is 0.0685. The predicted octanol–water partition coefficient (Wildman–Crippen LogP) is 3.16. The van der Waals surface area contributed by atoms with Crippen LogP contribution in [-0.2, 0) is 13.2 Å². The van der Waals surface area contributed by atoms with Crippen LogP contribution in [0.5, 0.6) is 5.75 Å². The Morgan fingerprint density at radius 1 is 1.48 bits per heavy atom. The highest BCUT2D eigenvalue weighted by atomic mass is 35.5. The molecule has 110 valence electrons. The lowest BCUT2D eigenvalue weighted by atomic mass is 10.2. The van der Waals surface area contributed by atoms with Crippen LogP contribution in [0.3, 0.4) is 0 Å². The number of thiazole rings is 1. The van der Waals surface area contributed by atoms with Crippen LogP contribution in [0.1, 0.15) is 11.3 Å². The van der Waals surface area contributed by atoms with Gasteiger partial charge in [0, 0.05) is 22.8 Å². The molecular formula is C14H14ClN3O2S. The topological polar surface area (TPSA) is 58.8 Å². The van der Waals surface area contributed by atoms with Crippen LogP contribution in [0.2, 0.25) is 5.15 Å². The van der Waals surface area contributed by atoms with Gasteiger partial charge in [0.15, 0.2) is 10.1 Å². The quantitative estimate of drug-likeness (QED) is 0.757. The molecule has 0 spiro atoms. The van der Waals surface area contributed by atoms with E-state index in [1.165, 1.54) is 0 Å². The van der Waals surface area contributed by atoms with Gasteiger partial charge in [0.05, 0.1) is 26.0 Å². The van der Waals surface area contributed by atoms with Crippen molar-refractivity contribution in [3.8, 4) is 5.75 Å². The molecule has 0 unspecified atom stereocenters. The second-order valence-corrected chi connectivity index (χ2v) is 5.67. The number of benzene rings is 1. The summed E-state index contributed by atoms with van der Waals surface area (Å²) in [7, 11) is 1.58. The normalized spacial score (nSPS) is 11.0. The molecule has 0 aliphatic heterocycles. The van der Waals surface area contributed by atoms with Crippen LogP contribution in [0, 0.1) is 0 Å². The molecule has 2 aromatic heterocycles. The number of anilines is 1. The van der Waals surface area contributed by atoms with Gasteiger partial charge in [-0.1, -0.05) is 11.6 Å². The Hall–Kier alpha value is -1.76. The van der Waals surface area contributed by atoms with Gasteiger partial charge in [0.2, 0.25) is 0 Å². The summed E-state index contributed by atoms with van der Waals surface area (Å²) in [6.07, 6.45) is 1.95. The molecule has 0 aliphatic carbocycles. The lowest BCUT2D eigenvalue weighted by Gasteiger charge is -2.10. The fraction of sp³-hybridized carbons (Fsp3) is 0.214. The van der Waals surface area contributed by atoms with Gasteiger partial charge >= 0.3 is 0 Å². The minimum atomic E-state index is -0.0685. The maximum atomic E-state index is 9.34. The van der Waals surface area contributed by atoms with Gasteiger partial charge in [-0.25, -0.2) is 4.98 Å². The van der Waals surface area contributed by atoms with Gasteiger partial charge in [0.1, 0.15) is 5.75 Å². The number of hydrogen-bond acceptors (Lipinski definition) is 5. The van der Waals surface area contributed by atoms with Crippen molar-refractivity contribution in [3.63, 3.8) is 0 Å². The Morgan fingerprint density at radius 3 is 3.10 bits per heavy atom. The van der Waals surface area contributed by atoms with E-state index in [4.69, 9.17) is 16.3 Å². The SMILES string of the molecule is COc1ccc(NCc2c(Cl)nc3sccn23)cc1CO. The van der Waals surface area contributed by atoms with Gasteiger partial charge in [-0.2, -0.15) is 0 Å². The largest absolute Gasteiger partial charge is 0.496 e. The summed E-state index contributed by atoms with van der Waals surface area (Å²) >= 11 is 7.70. The molecule has 0 fully saturated rings. The monoisotopic (exact) mass is 323 g/mol. The molecule has 0 amide bonds. The summed E-state index contributed by atoms with van der Waals surface area (Å²) in [6.45, 7) is 0.481. The molecule has 1 aromatic carbocycles. The van der Waals surface area contributed by atoms with E-state index in [1.807, 2.05) is 34.2 Å². The van der Waals surface area contributed by atoms with E-state index < -0.39 is 0 Å². The van der Waals surface area contributed by atoms with Crippen LogP contribution < -0.4 is 10.1 Å². The smallest absolute Gasteiger partial charge is 0.195 e. The molecule has 0 atom stereocenters. The molecule has 7 heteroatoms. The lowest BCUT2D eigenvalue weighted by molar-refractivity contribution is 0.274. The molecule has 5 nitrogen and oxygen atoms in total. The third kappa shape index (κ3) is 2.70. The maximum Gasteiger partial charge on any atom is 0.195 e. The van der Waals surface area contributed by atoms with Crippen LogP contribution in [0.15, 0.2) is 29.8 Å². The number of aromatic nitrogens is 2. The summed E-state index contributed by atoms with van der Waals surface area (Å²) in [4.78, 5) is 5.17.